The van der Waals surface area contributed by atoms with Crippen molar-refractivity contribution >= 4 is 20.1 Å². The lowest BCUT2D eigenvalue weighted by molar-refractivity contribution is 0.191. The van der Waals surface area contributed by atoms with Gasteiger partial charge in [0.1, 0.15) is 8.80 Å². The van der Waals surface area contributed by atoms with Gasteiger partial charge in [-0.15, -0.1) is 0 Å². The van der Waals surface area contributed by atoms with Gasteiger partial charge in [0.25, 0.3) is 0 Å². The molecular formula is C22H39NOSi. The molecule has 1 rings (SSSR count). The Labute approximate surface area is 157 Å². The minimum Gasteiger partial charge on any atom is -0.385 e. The normalized spacial score (nSPS) is 12.5. The van der Waals surface area contributed by atoms with Crippen LogP contribution in [0.4, 0.5) is 0 Å². The number of hydrogen-bond acceptors (Lipinski definition) is 2. The van der Waals surface area contributed by atoms with Crippen molar-refractivity contribution in [1.82, 2.24) is 4.90 Å². The molecule has 0 bridgehead atoms. The molecule has 0 N–H and O–H groups in total. The predicted octanol–water partition coefficient (Wildman–Crippen LogP) is 4.63. The summed E-state index contributed by atoms with van der Waals surface area (Å²) >= 11 is 0. The first kappa shape index (κ1) is 22.1. The second-order valence-corrected chi connectivity index (χ2v) is 9.89. The van der Waals surface area contributed by atoms with Crippen LogP contribution in [0, 0.1) is 0 Å². The number of benzene rings is 1. The smallest absolute Gasteiger partial charge is 0.100 e. The van der Waals surface area contributed by atoms with Gasteiger partial charge in [0.05, 0.1) is 0 Å². The molecule has 0 aliphatic heterocycles. The molecule has 2 nitrogen and oxygen atoms in total. The van der Waals surface area contributed by atoms with E-state index in [9.17, 15) is 0 Å². The topological polar surface area (TPSA) is 12.5 Å². The van der Waals surface area contributed by atoms with E-state index in [2.05, 4.69) is 56.5 Å². The Morgan fingerprint density at radius 1 is 1.04 bits per heavy atom. The van der Waals surface area contributed by atoms with Crippen LogP contribution in [0.5, 0.6) is 0 Å². The van der Waals surface area contributed by atoms with Crippen molar-refractivity contribution in [2.75, 3.05) is 32.5 Å². The van der Waals surface area contributed by atoms with Gasteiger partial charge in [-0.1, -0.05) is 74.8 Å². The van der Waals surface area contributed by atoms with Gasteiger partial charge in [-0.2, -0.15) is 0 Å². The molecule has 1 unspecified atom stereocenters. The zero-order chi connectivity index (χ0) is 18.3. The predicted molar refractivity (Wildman–Crippen MR) is 115 cm³/mol. The van der Waals surface area contributed by atoms with Crippen LogP contribution >= 0.6 is 0 Å². The van der Waals surface area contributed by atoms with Crippen molar-refractivity contribution in [2.45, 2.75) is 58.9 Å². The van der Waals surface area contributed by atoms with Crippen LogP contribution < -0.4 is 5.19 Å². The van der Waals surface area contributed by atoms with Gasteiger partial charge in [-0.25, -0.2) is 0 Å². The molecule has 0 fully saturated rings. The molecular weight excluding hydrogens is 322 g/mol. The maximum Gasteiger partial charge on any atom is 0.100 e. The van der Waals surface area contributed by atoms with E-state index in [-0.39, 0.29) is 0 Å². The molecule has 0 amide bonds. The highest BCUT2D eigenvalue weighted by Gasteiger charge is 2.15. The number of nitrogens with zero attached hydrogens (tertiary/aromatic N) is 1. The van der Waals surface area contributed by atoms with Crippen LogP contribution in [-0.2, 0) is 4.74 Å². The molecule has 25 heavy (non-hydrogen) atoms. The average molecular weight is 362 g/mol. The van der Waals surface area contributed by atoms with Gasteiger partial charge >= 0.3 is 0 Å². The van der Waals surface area contributed by atoms with Gasteiger partial charge in [0, 0.05) is 12.8 Å². The minimum atomic E-state index is -1.06. The summed E-state index contributed by atoms with van der Waals surface area (Å²) < 4.78 is 5.83. The molecule has 0 aliphatic rings. The fourth-order valence-corrected chi connectivity index (χ4v) is 5.91. The van der Waals surface area contributed by atoms with Gasteiger partial charge in [0.15, 0.2) is 0 Å². The van der Waals surface area contributed by atoms with E-state index in [1.807, 2.05) is 6.08 Å². The van der Waals surface area contributed by atoms with Gasteiger partial charge < -0.3 is 9.64 Å². The zero-order valence-corrected chi connectivity index (χ0v) is 18.0. The summed E-state index contributed by atoms with van der Waals surface area (Å²) in [5.74, 6) is 0. The Kier molecular flexibility index (Phi) is 12.7. The largest absolute Gasteiger partial charge is 0.385 e. The van der Waals surface area contributed by atoms with Crippen LogP contribution in [0.2, 0.25) is 6.04 Å². The Balaban J connectivity index is 2.59. The van der Waals surface area contributed by atoms with Crippen molar-refractivity contribution in [2.24, 2.45) is 0 Å². The maximum absolute atomic E-state index is 5.83. The molecule has 0 spiro atoms. The molecule has 3 heteroatoms. The van der Waals surface area contributed by atoms with Crippen molar-refractivity contribution in [3.8, 4) is 0 Å². The molecule has 1 aromatic rings. The first-order valence-corrected chi connectivity index (χ1v) is 12.5. The first-order valence-electron chi connectivity index (χ1n) is 10.3. The number of unbranched alkanes of at least 4 members (excludes halogenated alkanes) is 2. The van der Waals surface area contributed by atoms with Crippen LogP contribution in [0.15, 0.2) is 30.8 Å². The van der Waals surface area contributed by atoms with E-state index in [0.717, 1.165) is 12.8 Å². The van der Waals surface area contributed by atoms with Crippen molar-refractivity contribution < 1.29 is 4.74 Å². The van der Waals surface area contributed by atoms with Gasteiger partial charge in [0.2, 0.25) is 0 Å². The third kappa shape index (κ3) is 9.38. The van der Waals surface area contributed by atoms with Crippen molar-refractivity contribution in [3.05, 3.63) is 36.4 Å². The Hall–Kier alpha value is -0.903. The summed E-state index contributed by atoms with van der Waals surface area (Å²) in [7, 11) is -1.06. The molecule has 0 aromatic heterocycles. The Morgan fingerprint density at radius 3 is 2.32 bits per heavy atom. The third-order valence-electron chi connectivity index (χ3n) is 4.82. The van der Waals surface area contributed by atoms with Gasteiger partial charge in [-0.05, 0) is 51.4 Å². The maximum atomic E-state index is 5.83. The summed E-state index contributed by atoms with van der Waals surface area (Å²) in [4.78, 5) is 2.68. The molecule has 0 radical (unpaired) electrons. The van der Waals surface area contributed by atoms with E-state index < -0.39 is 8.80 Å². The summed E-state index contributed by atoms with van der Waals surface area (Å²) in [6, 6.07) is 10.3. The highest BCUT2D eigenvalue weighted by Crippen LogP contribution is 2.07. The Bertz CT molecular complexity index is 455. The highest BCUT2D eigenvalue weighted by molar-refractivity contribution is 6.73. The monoisotopic (exact) mass is 361 g/mol. The Morgan fingerprint density at radius 2 is 1.72 bits per heavy atom. The minimum absolute atomic E-state index is 0.823. The van der Waals surface area contributed by atoms with Crippen molar-refractivity contribution in [3.63, 3.8) is 0 Å². The fourth-order valence-electron chi connectivity index (χ4n) is 3.21. The second-order valence-electron chi connectivity index (χ2n) is 6.92. The third-order valence-corrected chi connectivity index (χ3v) is 7.87. The lowest BCUT2D eigenvalue weighted by atomic mass is 10.2. The molecule has 1 atom stereocenters. The second kappa shape index (κ2) is 14.3. The van der Waals surface area contributed by atoms with E-state index in [4.69, 9.17) is 4.74 Å². The lowest BCUT2D eigenvalue weighted by Crippen LogP contribution is -2.37. The van der Waals surface area contributed by atoms with E-state index in [0.29, 0.717) is 0 Å². The summed E-state index contributed by atoms with van der Waals surface area (Å²) in [5, 5.41) is 1.53. The van der Waals surface area contributed by atoms with Gasteiger partial charge in [-0.3, -0.25) is 0 Å². The molecule has 0 aliphatic carbocycles. The van der Waals surface area contributed by atoms with E-state index >= 15 is 0 Å². The van der Waals surface area contributed by atoms with Crippen LogP contribution in [0.3, 0.4) is 0 Å². The lowest BCUT2D eigenvalue weighted by Gasteiger charge is -2.23. The van der Waals surface area contributed by atoms with E-state index in [1.165, 1.54) is 68.5 Å². The molecule has 1 aromatic carbocycles. The zero-order valence-electron chi connectivity index (χ0n) is 16.8. The standard InChI is InChI=1S/C22H39NOSi/c1-5-9-15-23(16-10-6-2)17-12-18-25(20-24-8-4)22-14-11-13-21(7-3)19-22/h7,11,13-14,19,25H,3,5-6,8-10,12,15-18,20H2,1-2,4H3. The summed E-state index contributed by atoms with van der Waals surface area (Å²) in [5.41, 5.74) is 1.24. The highest BCUT2D eigenvalue weighted by atomic mass is 28.3. The van der Waals surface area contributed by atoms with Crippen LogP contribution in [0.25, 0.3) is 6.08 Å². The average Bonchev–Trinajstić information content (AvgIpc) is 2.66. The fraction of sp³-hybridized carbons (Fsp3) is 0.636. The molecule has 0 saturated carbocycles. The molecule has 0 saturated heterocycles. The summed E-state index contributed by atoms with van der Waals surface area (Å²) in [6.45, 7) is 15.2. The van der Waals surface area contributed by atoms with Crippen molar-refractivity contribution in [1.29, 1.82) is 0 Å². The van der Waals surface area contributed by atoms with Crippen LogP contribution in [-0.4, -0.2) is 46.2 Å². The SMILES string of the molecule is C=Cc1cccc([SiH](CCCN(CCCC)CCCC)COCC)c1. The summed E-state index contributed by atoms with van der Waals surface area (Å²) in [6.07, 6.45) is 9.44. The molecule has 0 heterocycles. The first-order chi connectivity index (χ1) is 12.2. The number of ether oxygens (including phenoxy) is 1. The van der Waals surface area contributed by atoms with E-state index in [1.54, 1.807) is 0 Å². The quantitative estimate of drug-likeness (QED) is 0.422. The molecule has 142 valence electrons. The number of hydrogen-bond donors (Lipinski definition) is 0. The van der Waals surface area contributed by atoms with Crippen LogP contribution in [0.1, 0.15) is 58.4 Å². The number of rotatable bonds is 15.